The zero-order valence-corrected chi connectivity index (χ0v) is 12.8. The summed E-state index contributed by atoms with van der Waals surface area (Å²) >= 11 is 1.51. The van der Waals surface area contributed by atoms with Gasteiger partial charge in [0.2, 0.25) is 0 Å². The molecule has 2 heterocycles. The molecule has 3 unspecified atom stereocenters. The predicted octanol–water partition coefficient (Wildman–Crippen LogP) is 1.46. The van der Waals surface area contributed by atoms with E-state index in [4.69, 9.17) is 4.74 Å². The van der Waals surface area contributed by atoms with Crippen molar-refractivity contribution in [3.05, 3.63) is 0 Å². The normalized spacial score (nSPS) is 30.6. The Morgan fingerprint density at radius 2 is 2.20 bits per heavy atom. The van der Waals surface area contributed by atoms with E-state index in [0.717, 1.165) is 12.8 Å². The molecule has 0 radical (unpaired) electrons. The van der Waals surface area contributed by atoms with Crippen LogP contribution in [0, 0.1) is 0 Å². The summed E-state index contributed by atoms with van der Waals surface area (Å²) in [5.74, 6) is -0.459. The lowest BCUT2D eigenvalue weighted by Crippen LogP contribution is -2.54. The van der Waals surface area contributed by atoms with E-state index < -0.39 is 12.0 Å². The monoisotopic (exact) mass is 302 g/mol. The van der Waals surface area contributed by atoms with Crippen LogP contribution in [0.1, 0.15) is 26.7 Å². The first-order chi connectivity index (χ1) is 9.54. The maximum atomic E-state index is 12.6. The minimum atomic E-state index is -0.923. The highest BCUT2D eigenvalue weighted by Crippen LogP contribution is 2.30. The number of hydrogen-bond donors (Lipinski definition) is 1. The lowest BCUT2D eigenvalue weighted by atomic mass is 10.1. The summed E-state index contributed by atoms with van der Waals surface area (Å²) in [6.07, 6.45) is 1.94. The zero-order valence-electron chi connectivity index (χ0n) is 11.9. The van der Waals surface area contributed by atoms with Crippen molar-refractivity contribution in [3.63, 3.8) is 0 Å². The minimum absolute atomic E-state index is 0.0755. The van der Waals surface area contributed by atoms with Crippen LogP contribution in [0.5, 0.6) is 0 Å². The molecule has 6 nitrogen and oxygen atoms in total. The summed E-state index contributed by atoms with van der Waals surface area (Å²) in [6, 6.07) is -0.880. The summed E-state index contributed by atoms with van der Waals surface area (Å²) in [7, 11) is 0. The van der Waals surface area contributed by atoms with Gasteiger partial charge in [0.15, 0.2) is 0 Å². The molecular weight excluding hydrogens is 280 g/mol. The Bertz CT molecular complexity index is 377. The van der Waals surface area contributed by atoms with Gasteiger partial charge in [-0.05, 0) is 26.7 Å². The van der Waals surface area contributed by atoms with Crippen LogP contribution in [-0.2, 0) is 9.53 Å². The number of nitrogens with zero attached hydrogens (tertiary/aromatic N) is 2. The first kappa shape index (κ1) is 15.4. The quantitative estimate of drug-likeness (QED) is 0.854. The van der Waals surface area contributed by atoms with Crippen molar-refractivity contribution >= 4 is 23.8 Å². The molecule has 0 aromatic heterocycles. The van der Waals surface area contributed by atoms with Gasteiger partial charge in [-0.3, -0.25) is 4.90 Å². The molecule has 2 rings (SSSR count). The van der Waals surface area contributed by atoms with E-state index in [1.807, 2.05) is 13.8 Å². The molecule has 2 amide bonds. The van der Waals surface area contributed by atoms with Crippen molar-refractivity contribution in [2.45, 2.75) is 44.2 Å². The SMILES string of the molecule is CCOC1CCCN(C(=O)N2C(C)SCC2C(=O)O)C1. The standard InChI is InChI=1S/C13H22N2O4S/c1-3-19-10-5-4-6-14(7-10)13(18)15-9(2)20-8-11(15)12(16)17/h9-11H,3-8H2,1-2H3,(H,16,17). The van der Waals surface area contributed by atoms with E-state index in [9.17, 15) is 14.7 Å². The molecule has 114 valence electrons. The molecule has 2 aliphatic heterocycles. The van der Waals surface area contributed by atoms with Gasteiger partial charge in [0.05, 0.1) is 11.5 Å². The van der Waals surface area contributed by atoms with Crippen molar-refractivity contribution in [3.8, 4) is 0 Å². The summed E-state index contributed by atoms with van der Waals surface area (Å²) in [4.78, 5) is 27.1. The van der Waals surface area contributed by atoms with Crippen molar-refractivity contribution in [2.75, 3.05) is 25.4 Å². The third-order valence-corrected chi connectivity index (χ3v) is 5.00. The number of aliphatic carboxylic acids is 1. The van der Waals surface area contributed by atoms with Gasteiger partial charge >= 0.3 is 12.0 Å². The predicted molar refractivity (Wildman–Crippen MR) is 76.8 cm³/mol. The van der Waals surface area contributed by atoms with Gasteiger partial charge in [0, 0.05) is 25.4 Å². The second kappa shape index (κ2) is 6.67. The Morgan fingerprint density at radius 1 is 1.45 bits per heavy atom. The van der Waals surface area contributed by atoms with Gasteiger partial charge in [0.1, 0.15) is 6.04 Å². The number of hydrogen-bond acceptors (Lipinski definition) is 4. The summed E-state index contributed by atoms with van der Waals surface area (Å²) < 4.78 is 5.59. The van der Waals surface area contributed by atoms with E-state index in [2.05, 4.69) is 0 Å². The fraction of sp³-hybridized carbons (Fsp3) is 0.846. The highest BCUT2D eigenvalue weighted by atomic mass is 32.2. The number of carbonyl (C=O) groups excluding carboxylic acids is 1. The largest absolute Gasteiger partial charge is 0.480 e. The number of amides is 2. The Morgan fingerprint density at radius 3 is 2.85 bits per heavy atom. The topological polar surface area (TPSA) is 70.1 Å². The Hall–Kier alpha value is -0.950. The van der Waals surface area contributed by atoms with Crippen LogP contribution in [0.4, 0.5) is 4.79 Å². The number of ether oxygens (including phenoxy) is 1. The number of carboxylic acids is 1. The second-order valence-electron chi connectivity index (χ2n) is 5.14. The smallest absolute Gasteiger partial charge is 0.327 e. The Kier molecular flexibility index (Phi) is 5.15. The maximum Gasteiger partial charge on any atom is 0.327 e. The number of carboxylic acid groups (broad SMARTS) is 1. The number of likely N-dealkylation sites (tertiary alicyclic amines) is 1. The molecule has 2 aliphatic rings. The molecule has 3 atom stereocenters. The highest BCUT2D eigenvalue weighted by Gasteiger charge is 2.42. The van der Waals surface area contributed by atoms with Crippen LogP contribution < -0.4 is 0 Å². The van der Waals surface area contributed by atoms with E-state index in [1.54, 1.807) is 4.90 Å². The molecule has 2 fully saturated rings. The molecule has 0 aromatic rings. The van der Waals surface area contributed by atoms with Crippen LogP contribution in [0.25, 0.3) is 0 Å². The third kappa shape index (κ3) is 3.20. The second-order valence-corrected chi connectivity index (χ2v) is 6.49. The van der Waals surface area contributed by atoms with Crippen LogP contribution in [0.2, 0.25) is 0 Å². The van der Waals surface area contributed by atoms with Crippen LogP contribution >= 0.6 is 11.8 Å². The van der Waals surface area contributed by atoms with Crippen molar-refractivity contribution in [1.82, 2.24) is 9.80 Å². The molecule has 0 bridgehead atoms. The van der Waals surface area contributed by atoms with Crippen molar-refractivity contribution in [1.29, 1.82) is 0 Å². The lowest BCUT2D eigenvalue weighted by molar-refractivity contribution is -0.141. The van der Waals surface area contributed by atoms with E-state index in [0.29, 0.717) is 25.4 Å². The fourth-order valence-electron chi connectivity index (χ4n) is 2.77. The van der Waals surface area contributed by atoms with E-state index >= 15 is 0 Å². The van der Waals surface area contributed by atoms with Gasteiger partial charge in [-0.25, -0.2) is 9.59 Å². The average molecular weight is 302 g/mol. The number of rotatable bonds is 3. The van der Waals surface area contributed by atoms with Crippen molar-refractivity contribution in [2.24, 2.45) is 0 Å². The number of piperidine rings is 1. The highest BCUT2D eigenvalue weighted by molar-refractivity contribution is 8.00. The van der Waals surface area contributed by atoms with Gasteiger partial charge in [-0.2, -0.15) is 0 Å². The molecule has 2 saturated heterocycles. The molecule has 0 saturated carbocycles. The van der Waals surface area contributed by atoms with Gasteiger partial charge in [-0.15, -0.1) is 11.8 Å². The molecule has 20 heavy (non-hydrogen) atoms. The van der Waals surface area contributed by atoms with Crippen LogP contribution in [-0.4, -0.2) is 69.9 Å². The average Bonchev–Trinajstić information content (AvgIpc) is 2.81. The zero-order chi connectivity index (χ0) is 14.7. The molecule has 1 N–H and O–H groups in total. The molecule has 0 aliphatic carbocycles. The minimum Gasteiger partial charge on any atom is -0.480 e. The van der Waals surface area contributed by atoms with Gasteiger partial charge < -0.3 is 14.7 Å². The number of urea groups is 1. The van der Waals surface area contributed by atoms with Crippen LogP contribution in [0.3, 0.4) is 0 Å². The first-order valence-electron chi connectivity index (χ1n) is 7.07. The molecular formula is C13H22N2O4S. The summed E-state index contributed by atoms with van der Waals surface area (Å²) in [6.45, 7) is 5.71. The summed E-state index contributed by atoms with van der Waals surface area (Å²) in [5.41, 5.74) is 0. The molecule has 0 spiro atoms. The van der Waals surface area contributed by atoms with Crippen molar-refractivity contribution < 1.29 is 19.4 Å². The maximum absolute atomic E-state index is 12.6. The third-order valence-electron chi connectivity index (χ3n) is 3.78. The van der Waals surface area contributed by atoms with Gasteiger partial charge in [-0.1, -0.05) is 0 Å². The van der Waals surface area contributed by atoms with E-state index in [1.165, 1.54) is 16.7 Å². The Balaban J connectivity index is 2.03. The Labute approximate surface area is 123 Å². The number of carbonyl (C=O) groups is 2. The fourth-order valence-corrected chi connectivity index (χ4v) is 3.93. The molecule has 0 aromatic carbocycles. The van der Waals surface area contributed by atoms with E-state index in [-0.39, 0.29) is 17.5 Å². The molecule has 7 heteroatoms. The first-order valence-corrected chi connectivity index (χ1v) is 8.12. The lowest BCUT2D eigenvalue weighted by Gasteiger charge is -2.37. The number of thioether (sulfide) groups is 1. The summed E-state index contributed by atoms with van der Waals surface area (Å²) in [5, 5.41) is 9.15. The van der Waals surface area contributed by atoms with Crippen LogP contribution in [0.15, 0.2) is 0 Å². The van der Waals surface area contributed by atoms with Gasteiger partial charge in [0.25, 0.3) is 0 Å².